The number of benzene rings is 2. The van der Waals surface area contributed by atoms with Gasteiger partial charge in [0.05, 0.1) is 22.3 Å². The van der Waals surface area contributed by atoms with E-state index in [1.54, 1.807) is 23.5 Å². The number of para-hydroxylation sites is 1. The molecule has 1 aliphatic heterocycles. The van der Waals surface area contributed by atoms with Crippen LogP contribution in [0.5, 0.6) is 0 Å². The van der Waals surface area contributed by atoms with Crippen LogP contribution in [-0.2, 0) is 0 Å². The Morgan fingerprint density at radius 1 is 0.957 bits per heavy atom. The van der Waals surface area contributed by atoms with Gasteiger partial charge in [0, 0.05) is 6.42 Å². The number of anilines is 1. The van der Waals surface area contributed by atoms with Gasteiger partial charge in [0.1, 0.15) is 5.82 Å². The molecule has 2 heterocycles. The molecule has 0 radical (unpaired) electrons. The topological polar surface area (TPSA) is 15.6 Å². The first kappa shape index (κ1) is 14.2. The van der Waals surface area contributed by atoms with Crippen molar-refractivity contribution in [1.82, 2.24) is 0 Å². The molecule has 0 unspecified atom stereocenters. The predicted molar refractivity (Wildman–Crippen MR) is 93.5 cm³/mol. The molecule has 4 rings (SSSR count). The second kappa shape index (κ2) is 5.97. The van der Waals surface area contributed by atoms with Gasteiger partial charge in [0.2, 0.25) is 0 Å². The molecule has 0 N–H and O–H groups in total. The highest BCUT2D eigenvalue weighted by molar-refractivity contribution is 7.12. The van der Waals surface area contributed by atoms with Crippen LogP contribution in [0.15, 0.2) is 77.2 Å². The molecule has 3 aromatic rings. The second-order valence-electron chi connectivity index (χ2n) is 5.45. The minimum atomic E-state index is -0.246. The van der Waals surface area contributed by atoms with Crippen molar-refractivity contribution in [3.05, 3.63) is 88.4 Å². The van der Waals surface area contributed by atoms with Gasteiger partial charge in [-0.15, -0.1) is 11.3 Å². The summed E-state index contributed by atoms with van der Waals surface area (Å²) in [6.45, 7) is 0. The normalized spacial score (nSPS) is 17.3. The molecule has 0 aliphatic carbocycles. The van der Waals surface area contributed by atoms with Crippen LogP contribution in [0.3, 0.4) is 0 Å². The molecular weight excluding hydrogens is 307 g/mol. The third-order valence-electron chi connectivity index (χ3n) is 4.00. The second-order valence-corrected chi connectivity index (χ2v) is 6.40. The first-order valence-corrected chi connectivity index (χ1v) is 8.41. The van der Waals surface area contributed by atoms with Gasteiger partial charge in [-0.2, -0.15) is 5.10 Å². The number of hydrazone groups is 1. The zero-order chi connectivity index (χ0) is 15.6. The molecule has 1 aliphatic rings. The lowest BCUT2D eigenvalue weighted by Gasteiger charge is -2.24. The van der Waals surface area contributed by atoms with Gasteiger partial charge >= 0.3 is 0 Å². The summed E-state index contributed by atoms with van der Waals surface area (Å²) in [5, 5.41) is 8.60. The van der Waals surface area contributed by atoms with Crippen molar-refractivity contribution in [2.24, 2.45) is 5.10 Å². The molecule has 0 fully saturated rings. The summed E-state index contributed by atoms with van der Waals surface area (Å²) in [6, 6.07) is 21.1. The van der Waals surface area contributed by atoms with Crippen LogP contribution < -0.4 is 5.01 Å². The quantitative estimate of drug-likeness (QED) is 0.643. The Morgan fingerprint density at radius 3 is 2.48 bits per heavy atom. The van der Waals surface area contributed by atoms with E-state index in [4.69, 9.17) is 5.10 Å². The monoisotopic (exact) mass is 322 g/mol. The highest BCUT2D eigenvalue weighted by Crippen LogP contribution is 2.38. The van der Waals surface area contributed by atoms with Crippen molar-refractivity contribution in [1.29, 1.82) is 0 Å². The van der Waals surface area contributed by atoms with Gasteiger partial charge in [-0.3, -0.25) is 5.01 Å². The Hall–Kier alpha value is -2.46. The Bertz CT molecular complexity index is 828. The van der Waals surface area contributed by atoms with Gasteiger partial charge in [-0.05, 0) is 29.1 Å². The predicted octanol–water partition coefficient (Wildman–Crippen LogP) is 5.24. The van der Waals surface area contributed by atoms with E-state index in [0.717, 1.165) is 22.6 Å². The number of nitrogens with zero attached hydrogens (tertiary/aromatic N) is 2. The summed E-state index contributed by atoms with van der Waals surface area (Å²) in [4.78, 5) is 1.14. The zero-order valence-electron chi connectivity index (χ0n) is 12.4. The van der Waals surface area contributed by atoms with Gasteiger partial charge in [-0.1, -0.05) is 48.5 Å². The summed E-state index contributed by atoms with van der Waals surface area (Å²) in [5.41, 5.74) is 2.68. The largest absolute Gasteiger partial charge is 0.254 e. The first-order chi connectivity index (χ1) is 11.3. The van der Waals surface area contributed by atoms with Crippen molar-refractivity contribution in [3.63, 3.8) is 0 Å². The Morgan fingerprint density at radius 2 is 1.74 bits per heavy atom. The lowest BCUT2D eigenvalue weighted by molar-refractivity contribution is 0.606. The number of halogens is 1. The minimum Gasteiger partial charge on any atom is -0.254 e. The SMILES string of the molecule is Fc1ccccc1N1N=C(c2cccs2)C[C@H]1c1ccccc1. The molecular formula is C19H15FN2S. The van der Waals surface area contributed by atoms with E-state index in [9.17, 15) is 4.39 Å². The molecule has 0 amide bonds. The van der Waals surface area contributed by atoms with E-state index >= 15 is 0 Å². The molecule has 0 saturated heterocycles. The number of thiophene rings is 1. The third-order valence-corrected chi connectivity index (χ3v) is 4.92. The molecule has 114 valence electrons. The summed E-state index contributed by atoms with van der Waals surface area (Å²) in [5.74, 6) is -0.246. The molecule has 2 aromatic carbocycles. The third kappa shape index (κ3) is 2.66. The van der Waals surface area contributed by atoms with E-state index in [0.29, 0.717) is 5.69 Å². The fraction of sp³-hybridized carbons (Fsp3) is 0.105. The fourth-order valence-corrected chi connectivity index (χ4v) is 3.62. The Labute approximate surface area is 138 Å². The van der Waals surface area contributed by atoms with Crippen molar-refractivity contribution in [2.45, 2.75) is 12.5 Å². The van der Waals surface area contributed by atoms with Crippen LogP contribution in [0.1, 0.15) is 22.9 Å². The minimum absolute atomic E-state index is 0.0187. The van der Waals surface area contributed by atoms with Crippen molar-refractivity contribution in [2.75, 3.05) is 5.01 Å². The van der Waals surface area contributed by atoms with E-state index < -0.39 is 0 Å². The summed E-state index contributed by atoms with van der Waals surface area (Å²) >= 11 is 1.67. The van der Waals surface area contributed by atoms with Crippen LogP contribution in [0.2, 0.25) is 0 Å². The van der Waals surface area contributed by atoms with Crippen molar-refractivity contribution < 1.29 is 4.39 Å². The van der Waals surface area contributed by atoms with Gasteiger partial charge in [0.15, 0.2) is 0 Å². The lowest BCUT2D eigenvalue weighted by atomic mass is 10.0. The van der Waals surface area contributed by atoms with E-state index in [2.05, 4.69) is 18.2 Å². The van der Waals surface area contributed by atoms with Gasteiger partial charge in [-0.25, -0.2) is 4.39 Å². The van der Waals surface area contributed by atoms with Crippen molar-refractivity contribution in [3.8, 4) is 0 Å². The van der Waals surface area contributed by atoms with Crippen LogP contribution >= 0.6 is 11.3 Å². The average Bonchev–Trinajstić information content (AvgIpc) is 3.26. The highest BCUT2D eigenvalue weighted by Gasteiger charge is 2.31. The molecule has 0 saturated carbocycles. The highest BCUT2D eigenvalue weighted by atomic mass is 32.1. The van der Waals surface area contributed by atoms with Crippen LogP contribution in [0.4, 0.5) is 10.1 Å². The van der Waals surface area contributed by atoms with Crippen LogP contribution in [-0.4, -0.2) is 5.71 Å². The first-order valence-electron chi connectivity index (χ1n) is 7.53. The van der Waals surface area contributed by atoms with Crippen LogP contribution in [0.25, 0.3) is 0 Å². The smallest absolute Gasteiger partial charge is 0.148 e. The molecule has 1 atom stereocenters. The Balaban J connectivity index is 1.79. The number of hydrogen-bond donors (Lipinski definition) is 0. The van der Waals surface area contributed by atoms with Crippen LogP contribution in [0, 0.1) is 5.82 Å². The average molecular weight is 322 g/mol. The maximum atomic E-state index is 14.3. The molecule has 0 bridgehead atoms. The summed E-state index contributed by atoms with van der Waals surface area (Å²) in [7, 11) is 0. The number of hydrogen-bond acceptors (Lipinski definition) is 3. The maximum absolute atomic E-state index is 14.3. The lowest BCUT2D eigenvalue weighted by Crippen LogP contribution is -2.19. The van der Waals surface area contributed by atoms with Crippen molar-refractivity contribution >= 4 is 22.7 Å². The van der Waals surface area contributed by atoms with Gasteiger partial charge in [0.25, 0.3) is 0 Å². The Kier molecular flexibility index (Phi) is 3.67. The van der Waals surface area contributed by atoms with E-state index in [-0.39, 0.29) is 11.9 Å². The zero-order valence-corrected chi connectivity index (χ0v) is 13.2. The summed E-state index contributed by atoms with van der Waals surface area (Å²) < 4.78 is 14.3. The molecule has 2 nitrogen and oxygen atoms in total. The van der Waals surface area contributed by atoms with E-state index in [1.807, 2.05) is 40.7 Å². The standard InChI is InChI=1S/C19H15FN2S/c20-15-9-4-5-10-17(15)22-18(14-7-2-1-3-8-14)13-16(21-22)19-11-6-12-23-19/h1-12,18H,13H2/t18-/m0/s1. The number of rotatable bonds is 3. The fourth-order valence-electron chi connectivity index (χ4n) is 2.90. The maximum Gasteiger partial charge on any atom is 0.148 e. The molecule has 0 spiro atoms. The van der Waals surface area contributed by atoms with Gasteiger partial charge < -0.3 is 0 Å². The van der Waals surface area contributed by atoms with E-state index in [1.165, 1.54) is 6.07 Å². The summed E-state index contributed by atoms with van der Waals surface area (Å²) in [6.07, 6.45) is 0.777. The molecule has 23 heavy (non-hydrogen) atoms. The molecule has 4 heteroatoms. The molecule has 1 aromatic heterocycles.